The van der Waals surface area contributed by atoms with Gasteiger partial charge in [-0.25, -0.2) is 0 Å². The van der Waals surface area contributed by atoms with Crippen LogP contribution < -0.4 is 0 Å². The molecular formula is C17H12O4. The molecule has 0 N–H and O–H groups in total. The van der Waals surface area contributed by atoms with Crippen molar-refractivity contribution in [2.75, 3.05) is 0 Å². The van der Waals surface area contributed by atoms with E-state index in [1.54, 1.807) is 44.2 Å². The lowest BCUT2D eigenvalue weighted by Crippen LogP contribution is -2.23. The van der Waals surface area contributed by atoms with Crippen LogP contribution in [0, 0.1) is 0 Å². The Balaban J connectivity index is 2.18. The molecule has 0 fully saturated rings. The van der Waals surface area contributed by atoms with E-state index < -0.39 is 11.6 Å². The number of fused-ring (bicyclic) bond motifs is 1. The van der Waals surface area contributed by atoms with Crippen LogP contribution in [0.4, 0.5) is 0 Å². The van der Waals surface area contributed by atoms with Crippen LogP contribution in [0.15, 0.2) is 46.6 Å². The summed E-state index contributed by atoms with van der Waals surface area (Å²) in [6.07, 6.45) is 1.26. The molecule has 2 aromatic rings. The number of rotatable bonds is 2. The van der Waals surface area contributed by atoms with E-state index in [4.69, 9.17) is 4.42 Å². The zero-order valence-electron chi connectivity index (χ0n) is 11.6. The normalized spacial score (nSPS) is 14.4. The minimum atomic E-state index is -0.680. The standard InChI is InChI=1S/C17H12O4/c1-9-10(2)17-13(16(20)14(9)18)12(8-21-17)15(19)11-6-4-3-5-7-11/h3-8H,1-2H3. The highest BCUT2D eigenvalue weighted by Gasteiger charge is 2.35. The summed E-state index contributed by atoms with van der Waals surface area (Å²) in [7, 11) is 0. The number of hydrogen-bond acceptors (Lipinski definition) is 4. The highest BCUT2D eigenvalue weighted by Crippen LogP contribution is 2.33. The number of ketones is 3. The van der Waals surface area contributed by atoms with Crippen molar-refractivity contribution in [2.24, 2.45) is 0 Å². The van der Waals surface area contributed by atoms with Gasteiger partial charge in [-0.1, -0.05) is 30.3 Å². The molecule has 21 heavy (non-hydrogen) atoms. The summed E-state index contributed by atoms with van der Waals surface area (Å²) in [5.41, 5.74) is 1.63. The lowest BCUT2D eigenvalue weighted by molar-refractivity contribution is -0.111. The zero-order chi connectivity index (χ0) is 15.1. The van der Waals surface area contributed by atoms with E-state index in [-0.39, 0.29) is 16.9 Å². The van der Waals surface area contributed by atoms with Crippen LogP contribution in [0.1, 0.15) is 45.9 Å². The molecule has 0 bridgehead atoms. The third kappa shape index (κ3) is 1.88. The number of benzene rings is 1. The lowest BCUT2D eigenvalue weighted by Gasteiger charge is -2.12. The first-order chi connectivity index (χ1) is 10.0. The molecule has 1 aromatic carbocycles. The number of furan rings is 1. The number of hydrogen-bond donors (Lipinski definition) is 0. The maximum absolute atomic E-state index is 12.5. The van der Waals surface area contributed by atoms with E-state index in [1.165, 1.54) is 6.26 Å². The maximum atomic E-state index is 12.5. The molecule has 3 rings (SSSR count). The molecule has 1 aliphatic rings. The fraction of sp³-hybridized carbons (Fsp3) is 0.118. The average molecular weight is 280 g/mol. The molecule has 1 aliphatic carbocycles. The summed E-state index contributed by atoms with van der Waals surface area (Å²) in [5.74, 6) is -1.27. The second kappa shape index (κ2) is 4.66. The van der Waals surface area contributed by atoms with Gasteiger partial charge >= 0.3 is 0 Å². The van der Waals surface area contributed by atoms with E-state index in [2.05, 4.69) is 0 Å². The van der Waals surface area contributed by atoms with E-state index in [1.807, 2.05) is 0 Å². The van der Waals surface area contributed by atoms with E-state index in [9.17, 15) is 14.4 Å². The van der Waals surface area contributed by atoms with Gasteiger partial charge in [0.15, 0.2) is 5.78 Å². The molecule has 0 aliphatic heterocycles. The van der Waals surface area contributed by atoms with Gasteiger partial charge in [0.1, 0.15) is 12.0 Å². The second-order valence-corrected chi connectivity index (χ2v) is 4.96. The van der Waals surface area contributed by atoms with Crippen molar-refractivity contribution in [3.05, 3.63) is 64.6 Å². The third-order valence-corrected chi connectivity index (χ3v) is 3.75. The molecule has 0 amide bonds. The first kappa shape index (κ1) is 13.2. The van der Waals surface area contributed by atoms with Crippen molar-refractivity contribution in [1.29, 1.82) is 0 Å². The van der Waals surface area contributed by atoms with E-state index in [0.717, 1.165) is 0 Å². The molecule has 4 heteroatoms. The molecule has 0 spiro atoms. The molecule has 104 valence electrons. The smallest absolute Gasteiger partial charge is 0.237 e. The van der Waals surface area contributed by atoms with Gasteiger partial charge < -0.3 is 4.42 Å². The van der Waals surface area contributed by atoms with Crippen molar-refractivity contribution in [2.45, 2.75) is 13.8 Å². The van der Waals surface area contributed by atoms with Gasteiger partial charge in [-0.15, -0.1) is 0 Å². The van der Waals surface area contributed by atoms with Gasteiger partial charge in [0.05, 0.1) is 11.1 Å². The molecule has 4 nitrogen and oxygen atoms in total. The predicted octanol–water partition coefficient (Wildman–Crippen LogP) is 3.07. The Bertz CT molecular complexity index is 807. The summed E-state index contributed by atoms with van der Waals surface area (Å²) >= 11 is 0. The van der Waals surface area contributed by atoms with Gasteiger partial charge in [0, 0.05) is 11.1 Å². The number of allylic oxidation sites excluding steroid dienone is 2. The van der Waals surface area contributed by atoms with Crippen LogP contribution in [0.5, 0.6) is 0 Å². The zero-order valence-corrected chi connectivity index (χ0v) is 11.6. The molecule has 0 unspecified atom stereocenters. The monoisotopic (exact) mass is 280 g/mol. The molecule has 0 radical (unpaired) electrons. The van der Waals surface area contributed by atoms with Crippen LogP contribution in [0.25, 0.3) is 5.57 Å². The Morgan fingerprint density at radius 3 is 2.29 bits per heavy atom. The Morgan fingerprint density at radius 1 is 0.952 bits per heavy atom. The predicted molar refractivity (Wildman–Crippen MR) is 76.2 cm³/mol. The highest BCUT2D eigenvalue weighted by atomic mass is 16.3. The lowest BCUT2D eigenvalue weighted by atomic mass is 9.87. The molecule has 1 heterocycles. The van der Waals surface area contributed by atoms with Crippen molar-refractivity contribution in [1.82, 2.24) is 0 Å². The van der Waals surface area contributed by atoms with Crippen molar-refractivity contribution in [3.63, 3.8) is 0 Å². The molecule has 1 aromatic heterocycles. The fourth-order valence-corrected chi connectivity index (χ4v) is 2.40. The van der Waals surface area contributed by atoms with Gasteiger partial charge in [-0.2, -0.15) is 0 Å². The minimum Gasteiger partial charge on any atom is -0.463 e. The Kier molecular flexibility index (Phi) is 2.94. The third-order valence-electron chi connectivity index (χ3n) is 3.75. The van der Waals surface area contributed by atoms with Crippen LogP contribution >= 0.6 is 0 Å². The number of carbonyl (C=O) groups excluding carboxylic acids is 3. The molecular weight excluding hydrogens is 268 g/mol. The SMILES string of the molecule is CC1=C(C)c2occ(C(=O)c3ccccc3)c2C(=O)C1=O. The van der Waals surface area contributed by atoms with Crippen molar-refractivity contribution in [3.8, 4) is 0 Å². The fourth-order valence-electron chi connectivity index (χ4n) is 2.40. The summed E-state index contributed by atoms with van der Waals surface area (Å²) in [4.78, 5) is 36.6. The topological polar surface area (TPSA) is 64.3 Å². The summed E-state index contributed by atoms with van der Waals surface area (Å²) in [5, 5.41) is 0. The maximum Gasteiger partial charge on any atom is 0.237 e. The number of Topliss-reactive ketones (excluding diaryl/α,β-unsaturated/α-hetero) is 2. The largest absolute Gasteiger partial charge is 0.463 e. The van der Waals surface area contributed by atoms with Crippen LogP contribution in [0.2, 0.25) is 0 Å². The van der Waals surface area contributed by atoms with Crippen LogP contribution in [-0.4, -0.2) is 17.3 Å². The first-order valence-corrected chi connectivity index (χ1v) is 6.50. The quantitative estimate of drug-likeness (QED) is 0.626. The highest BCUT2D eigenvalue weighted by molar-refractivity contribution is 6.53. The number of carbonyl (C=O) groups is 3. The first-order valence-electron chi connectivity index (χ1n) is 6.50. The Hall–Kier alpha value is -2.75. The van der Waals surface area contributed by atoms with Gasteiger partial charge in [0.25, 0.3) is 0 Å². The van der Waals surface area contributed by atoms with Crippen molar-refractivity contribution < 1.29 is 18.8 Å². The van der Waals surface area contributed by atoms with Gasteiger partial charge in [-0.3, -0.25) is 14.4 Å². The van der Waals surface area contributed by atoms with Crippen LogP contribution in [0.3, 0.4) is 0 Å². The van der Waals surface area contributed by atoms with E-state index >= 15 is 0 Å². The Morgan fingerprint density at radius 2 is 1.62 bits per heavy atom. The summed E-state index contributed by atoms with van der Waals surface area (Å²) < 4.78 is 5.38. The van der Waals surface area contributed by atoms with Gasteiger partial charge in [0.2, 0.25) is 11.6 Å². The Labute approximate surface area is 121 Å². The van der Waals surface area contributed by atoms with E-state index in [0.29, 0.717) is 22.5 Å². The molecule has 0 atom stereocenters. The van der Waals surface area contributed by atoms with Crippen LogP contribution in [-0.2, 0) is 4.79 Å². The van der Waals surface area contributed by atoms with Gasteiger partial charge in [-0.05, 0) is 19.4 Å². The van der Waals surface area contributed by atoms with Crippen molar-refractivity contribution >= 4 is 22.9 Å². The second-order valence-electron chi connectivity index (χ2n) is 4.96. The average Bonchev–Trinajstić information content (AvgIpc) is 2.96. The minimum absolute atomic E-state index is 0.0805. The molecule has 0 saturated carbocycles. The summed E-state index contributed by atoms with van der Waals surface area (Å²) in [6.45, 7) is 3.29. The summed E-state index contributed by atoms with van der Waals surface area (Å²) in [6, 6.07) is 8.59. The molecule has 0 saturated heterocycles.